The molecule has 0 aliphatic heterocycles. The number of furan rings is 1. The Bertz CT molecular complexity index is 1790. The molecule has 2 aromatic heterocycles. The third-order valence-electron chi connectivity index (χ3n) is 6.23. The highest BCUT2D eigenvalue weighted by atomic mass is 32.1. The van der Waals surface area contributed by atoms with Gasteiger partial charge in [-0.05, 0) is 48.0 Å². The predicted octanol–water partition coefficient (Wildman–Crippen LogP) is 9.36. The molecule has 1 N–H and O–H groups in total. The SMILES string of the molecule is c1ccc(-c2cc(Nc3ccc4sc5ccccc5c4c3)cc3c2oc2ccccc23)cc1. The van der Waals surface area contributed by atoms with E-state index in [0.29, 0.717) is 0 Å². The van der Waals surface area contributed by atoms with Crippen molar-refractivity contribution in [2.24, 2.45) is 0 Å². The Morgan fingerprint density at radius 2 is 1.27 bits per heavy atom. The summed E-state index contributed by atoms with van der Waals surface area (Å²) < 4.78 is 8.94. The van der Waals surface area contributed by atoms with E-state index < -0.39 is 0 Å². The van der Waals surface area contributed by atoms with Crippen LogP contribution in [0, 0.1) is 0 Å². The fourth-order valence-corrected chi connectivity index (χ4v) is 5.79. The second kappa shape index (κ2) is 7.22. The van der Waals surface area contributed by atoms with Gasteiger partial charge < -0.3 is 9.73 Å². The van der Waals surface area contributed by atoms with Crippen LogP contribution in [0.4, 0.5) is 11.4 Å². The lowest BCUT2D eigenvalue weighted by atomic mass is 10.0. The van der Waals surface area contributed by atoms with Gasteiger partial charge in [-0.2, -0.15) is 0 Å². The van der Waals surface area contributed by atoms with Crippen LogP contribution in [0.15, 0.2) is 114 Å². The minimum Gasteiger partial charge on any atom is -0.455 e. The summed E-state index contributed by atoms with van der Waals surface area (Å²) in [6.07, 6.45) is 0. The Labute approximate surface area is 194 Å². The average molecular weight is 442 g/mol. The Kier molecular flexibility index (Phi) is 4.05. The highest BCUT2D eigenvalue weighted by molar-refractivity contribution is 7.25. The summed E-state index contributed by atoms with van der Waals surface area (Å²) in [4.78, 5) is 0. The van der Waals surface area contributed by atoms with Crippen molar-refractivity contribution in [3.63, 3.8) is 0 Å². The molecule has 0 saturated heterocycles. The molecule has 0 aliphatic carbocycles. The fraction of sp³-hybridized carbons (Fsp3) is 0. The van der Waals surface area contributed by atoms with Gasteiger partial charge in [-0.15, -0.1) is 11.3 Å². The van der Waals surface area contributed by atoms with Gasteiger partial charge in [-0.1, -0.05) is 66.7 Å². The first kappa shape index (κ1) is 18.5. The van der Waals surface area contributed by atoms with Crippen LogP contribution in [0.1, 0.15) is 0 Å². The first-order chi connectivity index (χ1) is 16.3. The molecule has 0 radical (unpaired) electrons. The van der Waals surface area contributed by atoms with Gasteiger partial charge in [0.2, 0.25) is 0 Å². The van der Waals surface area contributed by atoms with E-state index in [4.69, 9.17) is 4.42 Å². The zero-order valence-corrected chi connectivity index (χ0v) is 18.5. The van der Waals surface area contributed by atoms with Crippen molar-refractivity contribution < 1.29 is 4.42 Å². The number of nitrogens with one attached hydrogen (secondary N) is 1. The van der Waals surface area contributed by atoms with Crippen LogP contribution in [0.3, 0.4) is 0 Å². The van der Waals surface area contributed by atoms with E-state index in [2.05, 4.69) is 96.3 Å². The highest BCUT2D eigenvalue weighted by Gasteiger charge is 2.14. The molecule has 0 unspecified atom stereocenters. The second-order valence-electron chi connectivity index (χ2n) is 8.30. The Morgan fingerprint density at radius 1 is 0.545 bits per heavy atom. The molecular weight excluding hydrogens is 422 g/mol. The summed E-state index contributed by atoms with van der Waals surface area (Å²) in [6, 6.07) is 38.3. The van der Waals surface area contributed by atoms with Crippen LogP contribution in [0.25, 0.3) is 53.2 Å². The molecule has 0 aliphatic rings. The van der Waals surface area contributed by atoms with Crippen LogP contribution in [0.5, 0.6) is 0 Å². The molecule has 156 valence electrons. The summed E-state index contributed by atoms with van der Waals surface area (Å²) >= 11 is 1.84. The molecule has 2 nitrogen and oxygen atoms in total. The molecule has 0 fully saturated rings. The van der Waals surface area contributed by atoms with Gasteiger partial charge in [0.05, 0.1) is 0 Å². The fourth-order valence-electron chi connectivity index (χ4n) is 4.70. The quantitative estimate of drug-likeness (QED) is 0.295. The average Bonchev–Trinajstić information content (AvgIpc) is 3.42. The van der Waals surface area contributed by atoms with E-state index in [9.17, 15) is 0 Å². The number of thiophene rings is 1. The van der Waals surface area contributed by atoms with Crippen molar-refractivity contribution >= 4 is 64.8 Å². The van der Waals surface area contributed by atoms with Crippen LogP contribution in [-0.2, 0) is 0 Å². The van der Waals surface area contributed by atoms with E-state index in [0.717, 1.165) is 44.4 Å². The first-order valence-electron chi connectivity index (χ1n) is 11.0. The van der Waals surface area contributed by atoms with E-state index >= 15 is 0 Å². The van der Waals surface area contributed by atoms with E-state index in [1.165, 1.54) is 20.2 Å². The van der Waals surface area contributed by atoms with E-state index in [1.807, 2.05) is 29.5 Å². The predicted molar refractivity (Wildman–Crippen MR) is 142 cm³/mol. The normalized spacial score (nSPS) is 11.6. The van der Waals surface area contributed by atoms with Crippen LogP contribution in [0.2, 0.25) is 0 Å². The molecule has 0 spiro atoms. The number of fused-ring (bicyclic) bond motifs is 6. The maximum Gasteiger partial charge on any atom is 0.143 e. The van der Waals surface area contributed by atoms with Gasteiger partial charge in [0.15, 0.2) is 0 Å². The van der Waals surface area contributed by atoms with Gasteiger partial charge in [-0.3, -0.25) is 0 Å². The third kappa shape index (κ3) is 3.01. The van der Waals surface area contributed by atoms with Crippen LogP contribution in [-0.4, -0.2) is 0 Å². The lowest BCUT2D eigenvalue weighted by Crippen LogP contribution is -1.91. The molecule has 5 aromatic carbocycles. The van der Waals surface area contributed by atoms with Gasteiger partial charge in [0.25, 0.3) is 0 Å². The van der Waals surface area contributed by atoms with Gasteiger partial charge in [-0.25, -0.2) is 0 Å². The molecule has 0 saturated carbocycles. The molecule has 0 bridgehead atoms. The standard InChI is InChI=1S/C30H19NOS/c1-2-8-19(9-3-1)24-17-21(18-26-22-10-4-6-12-27(22)32-30(24)26)31-20-14-15-29-25(16-20)23-11-5-7-13-28(23)33-29/h1-18,31H. The number of hydrogen-bond acceptors (Lipinski definition) is 3. The molecule has 0 amide bonds. The monoisotopic (exact) mass is 441 g/mol. The lowest BCUT2D eigenvalue weighted by molar-refractivity contribution is 0.670. The summed E-state index contributed by atoms with van der Waals surface area (Å²) in [7, 11) is 0. The van der Waals surface area contributed by atoms with Crippen molar-refractivity contribution in [2.75, 3.05) is 5.32 Å². The third-order valence-corrected chi connectivity index (χ3v) is 7.38. The maximum atomic E-state index is 6.31. The van der Waals surface area contributed by atoms with Crippen molar-refractivity contribution in [1.82, 2.24) is 0 Å². The molecule has 7 rings (SSSR count). The van der Waals surface area contributed by atoms with Gasteiger partial charge >= 0.3 is 0 Å². The zero-order valence-electron chi connectivity index (χ0n) is 17.7. The van der Waals surface area contributed by atoms with E-state index in [-0.39, 0.29) is 0 Å². The van der Waals surface area contributed by atoms with Crippen molar-refractivity contribution in [1.29, 1.82) is 0 Å². The summed E-state index contributed by atoms with van der Waals surface area (Å²) in [5.41, 5.74) is 6.20. The molecule has 0 atom stereocenters. The summed E-state index contributed by atoms with van der Waals surface area (Å²) in [6.45, 7) is 0. The number of anilines is 2. The maximum absolute atomic E-state index is 6.31. The van der Waals surface area contributed by atoms with Crippen molar-refractivity contribution in [3.05, 3.63) is 109 Å². The smallest absolute Gasteiger partial charge is 0.143 e. The Hall–Kier alpha value is -4.08. The highest BCUT2D eigenvalue weighted by Crippen LogP contribution is 2.40. The number of rotatable bonds is 3. The van der Waals surface area contributed by atoms with Gasteiger partial charge in [0, 0.05) is 47.9 Å². The molecule has 2 heterocycles. The Balaban J connectivity index is 1.42. The van der Waals surface area contributed by atoms with Crippen molar-refractivity contribution in [3.8, 4) is 11.1 Å². The Morgan fingerprint density at radius 3 is 2.18 bits per heavy atom. The first-order valence-corrected chi connectivity index (χ1v) is 11.8. The largest absolute Gasteiger partial charge is 0.455 e. The van der Waals surface area contributed by atoms with Crippen molar-refractivity contribution in [2.45, 2.75) is 0 Å². The summed E-state index contributed by atoms with van der Waals surface area (Å²) in [5.74, 6) is 0. The lowest BCUT2D eigenvalue weighted by Gasteiger charge is -2.10. The zero-order chi connectivity index (χ0) is 21.8. The minimum atomic E-state index is 0.910. The van der Waals surface area contributed by atoms with E-state index in [1.54, 1.807) is 0 Å². The number of hydrogen-bond donors (Lipinski definition) is 1. The molecular formula is C30H19NOS. The number of benzene rings is 5. The summed E-state index contributed by atoms with van der Waals surface area (Å²) in [5, 5.41) is 8.52. The van der Waals surface area contributed by atoms with Gasteiger partial charge in [0.1, 0.15) is 11.2 Å². The molecule has 7 aromatic rings. The second-order valence-corrected chi connectivity index (χ2v) is 9.38. The van der Waals surface area contributed by atoms with Crippen LogP contribution < -0.4 is 5.32 Å². The van der Waals surface area contributed by atoms with Crippen LogP contribution >= 0.6 is 11.3 Å². The minimum absolute atomic E-state index is 0.910. The molecule has 3 heteroatoms. The molecule has 33 heavy (non-hydrogen) atoms. The topological polar surface area (TPSA) is 25.2 Å². The number of para-hydroxylation sites is 1.